The molecule has 1 aromatic carbocycles. The second kappa shape index (κ2) is 5.94. The van der Waals surface area contributed by atoms with Crippen LogP contribution in [0.1, 0.15) is 5.56 Å². The molecule has 0 heterocycles. The molecule has 0 atom stereocenters. The Hall–Kier alpha value is -1.39. The number of nitrogens with one attached hydrogen (secondary N) is 1. The molecule has 0 aromatic heterocycles. The largest absolute Gasteiger partial charge is 0.495 e. The SMILES string of the molecule is COc1cc(C(N)=S)ccc1NS(=O)(=O)CS(C)(=O)=O. The predicted octanol–water partition coefficient (Wildman–Crippen LogP) is 0.0732. The van der Waals surface area contributed by atoms with Gasteiger partial charge in [0.1, 0.15) is 10.7 Å². The average molecular weight is 338 g/mol. The minimum absolute atomic E-state index is 0.108. The number of benzene rings is 1. The fourth-order valence-corrected chi connectivity index (χ4v) is 4.53. The summed E-state index contributed by atoms with van der Waals surface area (Å²) in [6, 6.07) is 4.36. The standard InChI is InChI=1S/C10H14N2O5S3/c1-17-9-5-7(10(11)18)3-4-8(9)12-20(15,16)6-19(2,13)14/h3-5,12H,6H2,1-2H3,(H2,11,18). The number of sulfonamides is 1. The third kappa shape index (κ3) is 4.94. The Balaban J connectivity index is 3.13. The highest BCUT2D eigenvalue weighted by Gasteiger charge is 2.20. The number of methoxy groups -OCH3 is 1. The highest BCUT2D eigenvalue weighted by atomic mass is 32.3. The van der Waals surface area contributed by atoms with Crippen LogP contribution in [0.25, 0.3) is 0 Å². The Bertz CT molecular complexity index is 725. The van der Waals surface area contributed by atoms with Crippen LogP contribution in [-0.2, 0) is 19.9 Å². The fraction of sp³-hybridized carbons (Fsp3) is 0.300. The normalized spacial score (nSPS) is 11.9. The molecule has 0 fully saturated rings. The molecule has 0 aliphatic carbocycles. The van der Waals surface area contributed by atoms with E-state index in [1.165, 1.54) is 25.3 Å². The lowest BCUT2D eigenvalue weighted by Gasteiger charge is -2.12. The molecule has 1 rings (SSSR count). The number of thiocarbonyl (C=S) groups is 1. The van der Waals surface area contributed by atoms with Gasteiger partial charge in [-0.2, -0.15) is 0 Å². The highest BCUT2D eigenvalue weighted by molar-refractivity contribution is 8.08. The van der Waals surface area contributed by atoms with Crippen molar-refractivity contribution in [3.8, 4) is 5.75 Å². The van der Waals surface area contributed by atoms with Crippen LogP contribution < -0.4 is 15.2 Å². The van der Waals surface area contributed by atoms with Crippen LogP contribution in [0.2, 0.25) is 0 Å². The van der Waals surface area contributed by atoms with Gasteiger partial charge in [0.05, 0.1) is 12.8 Å². The lowest BCUT2D eigenvalue weighted by atomic mass is 10.2. The zero-order chi connectivity index (χ0) is 15.6. The molecule has 0 bridgehead atoms. The molecule has 0 unspecified atom stereocenters. The maximum atomic E-state index is 11.7. The maximum absolute atomic E-state index is 11.7. The highest BCUT2D eigenvalue weighted by Crippen LogP contribution is 2.26. The minimum atomic E-state index is -4.04. The number of ether oxygens (including phenoxy) is 1. The summed E-state index contributed by atoms with van der Waals surface area (Å²) in [6.07, 6.45) is 0.833. The Morgan fingerprint density at radius 2 is 1.95 bits per heavy atom. The van der Waals surface area contributed by atoms with Crippen LogP contribution in [0.15, 0.2) is 18.2 Å². The number of anilines is 1. The predicted molar refractivity (Wildman–Crippen MR) is 81.1 cm³/mol. The van der Waals surface area contributed by atoms with E-state index in [2.05, 4.69) is 4.72 Å². The lowest BCUT2D eigenvalue weighted by Crippen LogP contribution is -2.22. The van der Waals surface area contributed by atoms with Crippen molar-refractivity contribution in [1.29, 1.82) is 0 Å². The molecule has 0 saturated heterocycles. The Labute approximate surface area is 123 Å². The van der Waals surface area contributed by atoms with Gasteiger partial charge in [-0.1, -0.05) is 12.2 Å². The Morgan fingerprint density at radius 1 is 1.35 bits per heavy atom. The molecule has 0 amide bonds. The topological polar surface area (TPSA) is 116 Å². The van der Waals surface area contributed by atoms with E-state index in [4.69, 9.17) is 22.7 Å². The summed E-state index contributed by atoms with van der Waals surface area (Å²) in [5.41, 5.74) is 6.07. The second-order valence-corrected chi connectivity index (χ2v) is 8.71. The molecule has 10 heteroatoms. The molecular weight excluding hydrogens is 324 g/mol. The number of rotatable bonds is 6. The maximum Gasteiger partial charge on any atom is 0.247 e. The van der Waals surface area contributed by atoms with Crippen LogP contribution in [-0.4, -0.2) is 40.3 Å². The molecule has 0 spiro atoms. The zero-order valence-electron chi connectivity index (χ0n) is 10.8. The lowest BCUT2D eigenvalue weighted by molar-refractivity contribution is 0.417. The average Bonchev–Trinajstić information content (AvgIpc) is 2.25. The fourth-order valence-electron chi connectivity index (χ4n) is 1.41. The third-order valence-corrected chi connectivity index (χ3v) is 5.84. The molecule has 1 aromatic rings. The number of hydrogen-bond acceptors (Lipinski definition) is 6. The van der Waals surface area contributed by atoms with E-state index in [0.717, 1.165) is 6.26 Å². The van der Waals surface area contributed by atoms with Gasteiger partial charge in [-0.25, -0.2) is 16.8 Å². The van der Waals surface area contributed by atoms with Crippen molar-refractivity contribution >= 4 is 42.8 Å². The summed E-state index contributed by atoms with van der Waals surface area (Å²) < 4.78 is 52.7. The van der Waals surface area contributed by atoms with Gasteiger partial charge in [0.25, 0.3) is 0 Å². The summed E-state index contributed by atoms with van der Waals surface area (Å²) >= 11 is 4.80. The smallest absolute Gasteiger partial charge is 0.247 e. The summed E-state index contributed by atoms with van der Waals surface area (Å²) in [5.74, 6) is 0.187. The molecule has 0 aliphatic rings. The van der Waals surface area contributed by atoms with Crippen LogP contribution in [0.5, 0.6) is 5.75 Å². The third-order valence-electron chi connectivity index (χ3n) is 2.12. The molecule has 0 aliphatic heterocycles. The molecule has 3 N–H and O–H groups in total. The Kier molecular flexibility index (Phi) is 4.95. The van der Waals surface area contributed by atoms with Crippen molar-refractivity contribution in [1.82, 2.24) is 0 Å². The van der Waals surface area contributed by atoms with E-state index in [1.807, 2.05) is 0 Å². The van der Waals surface area contributed by atoms with Gasteiger partial charge >= 0.3 is 0 Å². The summed E-state index contributed by atoms with van der Waals surface area (Å²) in [5, 5.41) is -1.01. The van der Waals surface area contributed by atoms with E-state index in [0.29, 0.717) is 5.56 Å². The number of sulfone groups is 1. The molecule has 7 nitrogen and oxygen atoms in total. The van der Waals surface area contributed by atoms with E-state index in [1.54, 1.807) is 0 Å². The monoisotopic (exact) mass is 338 g/mol. The molecule has 0 saturated carbocycles. The minimum Gasteiger partial charge on any atom is -0.495 e. The van der Waals surface area contributed by atoms with E-state index in [9.17, 15) is 16.8 Å². The van der Waals surface area contributed by atoms with Gasteiger partial charge in [-0.3, -0.25) is 4.72 Å². The van der Waals surface area contributed by atoms with E-state index < -0.39 is 24.9 Å². The number of nitrogens with two attached hydrogens (primary N) is 1. The van der Waals surface area contributed by atoms with Crippen molar-refractivity contribution in [3.05, 3.63) is 23.8 Å². The summed E-state index contributed by atoms with van der Waals surface area (Å²) in [6.45, 7) is 0. The molecule has 0 radical (unpaired) electrons. The van der Waals surface area contributed by atoms with E-state index in [-0.39, 0.29) is 16.4 Å². The van der Waals surface area contributed by atoms with Crippen LogP contribution >= 0.6 is 12.2 Å². The van der Waals surface area contributed by atoms with E-state index >= 15 is 0 Å². The number of hydrogen-bond donors (Lipinski definition) is 2. The quantitative estimate of drug-likeness (QED) is 0.705. The van der Waals surface area contributed by atoms with Gasteiger partial charge in [0, 0.05) is 11.8 Å². The molecule has 20 heavy (non-hydrogen) atoms. The zero-order valence-corrected chi connectivity index (χ0v) is 13.2. The van der Waals surface area contributed by atoms with Crippen molar-refractivity contribution in [3.63, 3.8) is 0 Å². The first-order chi connectivity index (χ1) is 9.04. The van der Waals surface area contributed by atoms with Gasteiger partial charge < -0.3 is 10.5 Å². The molecule has 112 valence electrons. The first kappa shape index (κ1) is 16.7. The van der Waals surface area contributed by atoms with Gasteiger partial charge in [0.2, 0.25) is 10.0 Å². The van der Waals surface area contributed by atoms with Gasteiger partial charge in [-0.05, 0) is 18.2 Å². The summed E-state index contributed by atoms with van der Waals surface area (Å²) in [7, 11) is -6.37. The Morgan fingerprint density at radius 3 is 2.40 bits per heavy atom. The van der Waals surface area contributed by atoms with Gasteiger partial charge in [-0.15, -0.1) is 0 Å². The van der Waals surface area contributed by atoms with Crippen molar-refractivity contribution < 1.29 is 21.6 Å². The van der Waals surface area contributed by atoms with Gasteiger partial charge in [0.15, 0.2) is 14.9 Å². The van der Waals surface area contributed by atoms with Crippen LogP contribution in [0.4, 0.5) is 5.69 Å². The van der Waals surface area contributed by atoms with Crippen molar-refractivity contribution in [2.75, 3.05) is 23.2 Å². The van der Waals surface area contributed by atoms with Crippen LogP contribution in [0.3, 0.4) is 0 Å². The first-order valence-electron chi connectivity index (χ1n) is 5.20. The van der Waals surface area contributed by atoms with Crippen LogP contribution in [0, 0.1) is 0 Å². The molecular formula is C10H14N2O5S3. The first-order valence-corrected chi connectivity index (χ1v) is 9.32. The summed E-state index contributed by atoms with van der Waals surface area (Å²) in [4.78, 5) is 0.133. The second-order valence-electron chi connectivity index (χ2n) is 4.04. The van der Waals surface area contributed by atoms with Crippen molar-refractivity contribution in [2.24, 2.45) is 5.73 Å². The van der Waals surface area contributed by atoms with Crippen molar-refractivity contribution in [2.45, 2.75) is 0 Å².